The van der Waals surface area contributed by atoms with Gasteiger partial charge in [0.25, 0.3) is 0 Å². The molecule has 0 saturated carbocycles. The Morgan fingerprint density at radius 3 is 1.29 bits per heavy atom. The zero-order chi connectivity index (χ0) is 11.8. The van der Waals surface area contributed by atoms with Crippen LogP contribution in [0.15, 0.2) is 12.2 Å². The first kappa shape index (κ1) is 13.2. The van der Waals surface area contributed by atoms with Crippen molar-refractivity contribution in [1.82, 2.24) is 0 Å². The summed E-state index contributed by atoms with van der Waals surface area (Å²) in [6.07, 6.45) is -13.8. The van der Waals surface area contributed by atoms with Gasteiger partial charge in [0.15, 0.2) is 0 Å². The van der Waals surface area contributed by atoms with Gasteiger partial charge in [-0.05, 0) is 6.92 Å². The van der Waals surface area contributed by atoms with Gasteiger partial charge in [-0.3, -0.25) is 0 Å². The fraction of sp³-hybridized carbons (Fsp3) is 0.714. The molecular formula is C7H7F7. The van der Waals surface area contributed by atoms with E-state index < -0.39 is 30.0 Å². The molecule has 0 bridgehead atoms. The maximum Gasteiger partial charge on any atom is 0.431 e. The molecule has 0 aromatic carbocycles. The largest absolute Gasteiger partial charge is 0.431 e. The van der Waals surface area contributed by atoms with Crippen LogP contribution in [0.5, 0.6) is 0 Å². The number of halogens is 7. The maximum atomic E-state index is 12.7. The molecule has 0 aliphatic rings. The van der Waals surface area contributed by atoms with Crippen LogP contribution in [0.4, 0.5) is 30.7 Å². The molecule has 0 amide bonds. The molecule has 0 aromatic heterocycles. The Bertz CT molecular complexity index is 207. The summed E-state index contributed by atoms with van der Waals surface area (Å²) in [6.45, 7) is 3.72. The van der Waals surface area contributed by atoms with Crippen LogP contribution < -0.4 is 0 Å². The summed E-state index contributed by atoms with van der Waals surface area (Å²) >= 11 is 0. The highest BCUT2D eigenvalue weighted by Crippen LogP contribution is 2.49. The van der Waals surface area contributed by atoms with Gasteiger partial charge in [-0.15, -0.1) is 6.58 Å². The van der Waals surface area contributed by atoms with Gasteiger partial charge in [-0.2, -0.15) is 26.3 Å². The molecule has 0 atom stereocenters. The summed E-state index contributed by atoms with van der Waals surface area (Å²) in [6, 6.07) is 0. The van der Waals surface area contributed by atoms with Crippen molar-refractivity contribution in [3.63, 3.8) is 0 Å². The van der Waals surface area contributed by atoms with Gasteiger partial charge >= 0.3 is 18.0 Å². The van der Waals surface area contributed by atoms with Crippen LogP contribution in [0.25, 0.3) is 0 Å². The Morgan fingerprint density at radius 2 is 1.21 bits per heavy atom. The minimum Gasteiger partial charge on any atom is -0.223 e. The Hall–Kier alpha value is -0.750. The average Bonchev–Trinajstić information content (AvgIpc) is 1.79. The van der Waals surface area contributed by atoms with Crippen LogP contribution in [0.2, 0.25) is 0 Å². The molecule has 0 heterocycles. The fourth-order valence-corrected chi connectivity index (χ4v) is 0.777. The average molecular weight is 224 g/mol. The number of allylic oxidation sites excluding steroid dienone is 1. The highest BCUT2D eigenvalue weighted by atomic mass is 19.4. The standard InChI is InChI=1S/C7H7F7/c1-4(2)3-5(8,6(9,10)11)7(12,13)14/h1,3H2,2H3. The summed E-state index contributed by atoms with van der Waals surface area (Å²) in [5.74, 6) is 0. The van der Waals surface area contributed by atoms with Crippen LogP contribution in [0, 0.1) is 0 Å². The summed E-state index contributed by atoms with van der Waals surface area (Å²) in [5, 5.41) is 0. The van der Waals surface area contributed by atoms with Gasteiger partial charge in [0, 0.05) is 6.42 Å². The first-order valence-electron chi connectivity index (χ1n) is 3.38. The monoisotopic (exact) mass is 224 g/mol. The fourth-order valence-electron chi connectivity index (χ4n) is 0.777. The van der Waals surface area contributed by atoms with E-state index in [0.717, 1.165) is 6.92 Å². The van der Waals surface area contributed by atoms with Gasteiger partial charge in [0.05, 0.1) is 0 Å². The van der Waals surface area contributed by atoms with E-state index in [9.17, 15) is 30.7 Å². The number of alkyl halides is 7. The molecule has 0 unspecified atom stereocenters. The van der Waals surface area contributed by atoms with Crippen molar-refractivity contribution >= 4 is 0 Å². The zero-order valence-electron chi connectivity index (χ0n) is 7.06. The third kappa shape index (κ3) is 2.39. The van der Waals surface area contributed by atoms with Gasteiger partial charge in [0.1, 0.15) is 0 Å². The van der Waals surface area contributed by atoms with Crippen molar-refractivity contribution in [2.45, 2.75) is 31.4 Å². The quantitative estimate of drug-likeness (QED) is 0.494. The predicted molar refractivity (Wildman–Crippen MR) is 35.4 cm³/mol. The molecule has 0 aliphatic carbocycles. The van der Waals surface area contributed by atoms with Crippen LogP contribution in [0.1, 0.15) is 13.3 Å². The SMILES string of the molecule is C=C(C)CC(F)(C(F)(F)F)C(F)(F)F. The van der Waals surface area contributed by atoms with Gasteiger partial charge < -0.3 is 0 Å². The second-order valence-corrected chi connectivity index (χ2v) is 2.93. The lowest BCUT2D eigenvalue weighted by atomic mass is 9.96. The predicted octanol–water partition coefficient (Wildman–Crippen LogP) is 3.79. The summed E-state index contributed by atoms with van der Waals surface area (Å²) < 4.78 is 83.7. The summed E-state index contributed by atoms with van der Waals surface area (Å²) in [4.78, 5) is 0. The van der Waals surface area contributed by atoms with Crippen LogP contribution in [-0.2, 0) is 0 Å². The minimum atomic E-state index is -5.98. The van der Waals surface area contributed by atoms with Crippen molar-refractivity contribution in [2.75, 3.05) is 0 Å². The molecule has 14 heavy (non-hydrogen) atoms. The van der Waals surface area contributed by atoms with Crippen LogP contribution >= 0.6 is 0 Å². The topological polar surface area (TPSA) is 0 Å². The second-order valence-electron chi connectivity index (χ2n) is 2.93. The smallest absolute Gasteiger partial charge is 0.223 e. The van der Waals surface area contributed by atoms with Crippen molar-refractivity contribution < 1.29 is 30.7 Å². The van der Waals surface area contributed by atoms with Crippen molar-refractivity contribution in [3.8, 4) is 0 Å². The van der Waals surface area contributed by atoms with Crippen molar-refractivity contribution in [2.24, 2.45) is 0 Å². The summed E-state index contributed by atoms with van der Waals surface area (Å²) in [5.41, 5.74) is -5.73. The molecule has 84 valence electrons. The van der Waals surface area contributed by atoms with E-state index in [0.29, 0.717) is 0 Å². The first-order valence-corrected chi connectivity index (χ1v) is 3.38. The Morgan fingerprint density at radius 1 is 0.929 bits per heavy atom. The van der Waals surface area contributed by atoms with Crippen LogP contribution in [0.3, 0.4) is 0 Å². The number of hydrogen-bond acceptors (Lipinski definition) is 0. The number of hydrogen-bond donors (Lipinski definition) is 0. The van der Waals surface area contributed by atoms with E-state index in [1.165, 1.54) is 0 Å². The molecule has 0 aromatic rings. The highest BCUT2D eigenvalue weighted by molar-refractivity contribution is 5.05. The van der Waals surface area contributed by atoms with E-state index in [1.807, 2.05) is 0 Å². The van der Waals surface area contributed by atoms with E-state index in [1.54, 1.807) is 0 Å². The van der Waals surface area contributed by atoms with E-state index >= 15 is 0 Å². The molecule has 0 N–H and O–H groups in total. The van der Waals surface area contributed by atoms with E-state index in [2.05, 4.69) is 6.58 Å². The molecule has 0 fully saturated rings. The van der Waals surface area contributed by atoms with Gasteiger partial charge in [0.2, 0.25) is 0 Å². The normalized spacial score (nSPS) is 14.3. The lowest BCUT2D eigenvalue weighted by Crippen LogP contribution is -2.53. The molecule has 0 saturated heterocycles. The lowest BCUT2D eigenvalue weighted by molar-refractivity contribution is -0.340. The van der Waals surface area contributed by atoms with E-state index in [4.69, 9.17) is 0 Å². The molecule has 0 spiro atoms. The molecule has 0 rings (SSSR count). The lowest BCUT2D eigenvalue weighted by Gasteiger charge is -2.29. The molecule has 7 heteroatoms. The van der Waals surface area contributed by atoms with Crippen molar-refractivity contribution in [1.29, 1.82) is 0 Å². The Labute approximate surface area is 75.4 Å². The highest BCUT2D eigenvalue weighted by Gasteiger charge is 2.71. The molecule has 0 aliphatic heterocycles. The first-order chi connectivity index (χ1) is 5.92. The Balaban J connectivity index is 5.18. The minimum absolute atomic E-state index is 0.526. The van der Waals surface area contributed by atoms with Crippen molar-refractivity contribution in [3.05, 3.63) is 12.2 Å². The van der Waals surface area contributed by atoms with Crippen LogP contribution in [-0.4, -0.2) is 18.0 Å². The number of rotatable bonds is 2. The summed E-state index contributed by atoms with van der Waals surface area (Å²) in [7, 11) is 0. The molecular weight excluding hydrogens is 217 g/mol. The third-order valence-electron chi connectivity index (χ3n) is 1.44. The Kier molecular flexibility index (Phi) is 3.25. The molecule has 0 radical (unpaired) electrons. The maximum absolute atomic E-state index is 12.7. The zero-order valence-corrected chi connectivity index (χ0v) is 7.06. The molecule has 0 nitrogen and oxygen atoms in total. The van der Waals surface area contributed by atoms with Gasteiger partial charge in [-0.1, -0.05) is 5.57 Å². The van der Waals surface area contributed by atoms with Gasteiger partial charge in [-0.25, -0.2) is 4.39 Å². The van der Waals surface area contributed by atoms with E-state index in [-0.39, 0.29) is 0 Å². The second kappa shape index (κ2) is 3.43. The third-order valence-corrected chi connectivity index (χ3v) is 1.44.